The molecule has 2 aromatic rings. The van der Waals surface area contributed by atoms with Crippen LogP contribution in [0.5, 0.6) is 5.75 Å². The number of nitrogen functional groups attached to an aromatic ring is 1. The summed E-state index contributed by atoms with van der Waals surface area (Å²) in [6.45, 7) is 6.27. The maximum absolute atomic E-state index is 13.1. The fourth-order valence-corrected chi connectivity index (χ4v) is 3.74. The number of benzene rings is 2. The number of amides is 2. The molecule has 0 aliphatic carbocycles. The number of carbonyl (C=O) groups excluding carboxylic acids is 2. The van der Waals surface area contributed by atoms with Gasteiger partial charge in [0, 0.05) is 29.9 Å². The van der Waals surface area contributed by atoms with E-state index in [1.165, 1.54) is 4.90 Å². The molecule has 1 aliphatic rings. The standard InChI is InChI=1S/C26H34N4O4/c1-3-5-14-29(15-6-4-2)25(31)20-8-7-9-22(16-20)33-18-23-17-30(26(32)34-23)21-12-10-19(11-13-21)24(27)28/h7-13,16,23H,3-6,14-15,17-18H2,1-2H3,(H3,27,28). The average molecular weight is 467 g/mol. The van der Waals surface area contributed by atoms with E-state index in [1.807, 2.05) is 17.0 Å². The molecule has 0 spiro atoms. The van der Waals surface area contributed by atoms with E-state index in [-0.39, 0.29) is 18.3 Å². The first-order valence-electron chi connectivity index (χ1n) is 11.9. The summed E-state index contributed by atoms with van der Waals surface area (Å²) in [5.74, 6) is 0.554. The molecule has 3 rings (SSSR count). The Morgan fingerprint density at radius 3 is 2.41 bits per heavy atom. The molecule has 3 N–H and O–H groups in total. The van der Waals surface area contributed by atoms with Crippen LogP contribution in [0.3, 0.4) is 0 Å². The van der Waals surface area contributed by atoms with Gasteiger partial charge in [0.2, 0.25) is 0 Å². The average Bonchev–Trinajstić information content (AvgIpc) is 3.23. The third-order valence-corrected chi connectivity index (χ3v) is 5.73. The number of hydrogen-bond acceptors (Lipinski definition) is 5. The lowest BCUT2D eigenvalue weighted by Gasteiger charge is -2.22. The molecule has 1 atom stereocenters. The van der Waals surface area contributed by atoms with Gasteiger partial charge in [0.05, 0.1) is 6.54 Å². The van der Waals surface area contributed by atoms with Crippen LogP contribution in [-0.4, -0.2) is 55.1 Å². The molecule has 2 amide bonds. The van der Waals surface area contributed by atoms with Crippen LogP contribution in [0.15, 0.2) is 48.5 Å². The van der Waals surface area contributed by atoms with Crippen LogP contribution in [0.1, 0.15) is 55.5 Å². The van der Waals surface area contributed by atoms with Gasteiger partial charge in [0.15, 0.2) is 6.10 Å². The van der Waals surface area contributed by atoms with Crippen molar-refractivity contribution in [3.8, 4) is 5.75 Å². The molecule has 0 radical (unpaired) electrons. The Bertz CT molecular complexity index is 985. The lowest BCUT2D eigenvalue weighted by molar-refractivity contribution is 0.0750. The van der Waals surface area contributed by atoms with Crippen molar-refractivity contribution in [1.29, 1.82) is 5.41 Å². The smallest absolute Gasteiger partial charge is 0.414 e. The number of nitrogens with one attached hydrogen (secondary N) is 1. The third kappa shape index (κ3) is 6.50. The highest BCUT2D eigenvalue weighted by Gasteiger charge is 2.33. The number of ether oxygens (including phenoxy) is 2. The maximum Gasteiger partial charge on any atom is 0.414 e. The highest BCUT2D eigenvalue weighted by molar-refractivity contribution is 5.96. The molecular weight excluding hydrogens is 432 g/mol. The van der Waals surface area contributed by atoms with Gasteiger partial charge in [-0.05, 0) is 55.3 Å². The van der Waals surface area contributed by atoms with Crippen molar-refractivity contribution in [3.63, 3.8) is 0 Å². The van der Waals surface area contributed by atoms with Crippen LogP contribution in [0.2, 0.25) is 0 Å². The molecule has 1 saturated heterocycles. The third-order valence-electron chi connectivity index (χ3n) is 5.73. The van der Waals surface area contributed by atoms with Gasteiger partial charge in [0.25, 0.3) is 5.91 Å². The minimum atomic E-state index is -0.449. The van der Waals surface area contributed by atoms with Crippen LogP contribution in [-0.2, 0) is 4.74 Å². The largest absolute Gasteiger partial charge is 0.490 e. The Labute approximate surface area is 201 Å². The SMILES string of the molecule is CCCCN(CCCC)C(=O)c1cccc(OCC2CN(c3ccc(C(=N)N)cc3)C(=O)O2)c1. The van der Waals surface area contributed by atoms with E-state index in [4.69, 9.17) is 20.6 Å². The maximum atomic E-state index is 13.1. The second kappa shape index (κ2) is 12.1. The van der Waals surface area contributed by atoms with Crippen LogP contribution >= 0.6 is 0 Å². The summed E-state index contributed by atoms with van der Waals surface area (Å²) in [6.07, 6.45) is 3.15. The molecule has 1 heterocycles. The van der Waals surface area contributed by atoms with E-state index in [9.17, 15) is 9.59 Å². The highest BCUT2D eigenvalue weighted by atomic mass is 16.6. The van der Waals surface area contributed by atoms with Gasteiger partial charge in [0.1, 0.15) is 18.2 Å². The summed E-state index contributed by atoms with van der Waals surface area (Å²) in [6, 6.07) is 14.0. The molecule has 1 unspecified atom stereocenters. The fourth-order valence-electron chi connectivity index (χ4n) is 3.74. The second-order valence-corrected chi connectivity index (χ2v) is 8.42. The van der Waals surface area contributed by atoms with Crippen LogP contribution in [0, 0.1) is 5.41 Å². The zero-order valence-electron chi connectivity index (χ0n) is 20.0. The van der Waals surface area contributed by atoms with E-state index in [0.29, 0.717) is 29.1 Å². The summed E-state index contributed by atoms with van der Waals surface area (Å²) >= 11 is 0. The van der Waals surface area contributed by atoms with Crippen LogP contribution < -0.4 is 15.4 Å². The van der Waals surface area contributed by atoms with Gasteiger partial charge in [-0.3, -0.25) is 15.1 Å². The van der Waals surface area contributed by atoms with E-state index < -0.39 is 12.2 Å². The van der Waals surface area contributed by atoms with E-state index in [1.54, 1.807) is 36.4 Å². The molecule has 0 saturated carbocycles. The number of hydrogen-bond donors (Lipinski definition) is 2. The number of unbranched alkanes of at least 4 members (excludes halogenated alkanes) is 2. The molecule has 8 heteroatoms. The minimum absolute atomic E-state index is 0.0137. The number of anilines is 1. The van der Waals surface area contributed by atoms with Gasteiger partial charge in [-0.25, -0.2) is 4.79 Å². The Morgan fingerprint density at radius 1 is 1.12 bits per heavy atom. The number of nitrogens with zero attached hydrogens (tertiary/aromatic N) is 2. The molecule has 182 valence electrons. The molecule has 8 nitrogen and oxygen atoms in total. The van der Waals surface area contributed by atoms with Crippen molar-refractivity contribution in [2.75, 3.05) is 31.1 Å². The Hall–Kier alpha value is -3.55. The predicted molar refractivity (Wildman–Crippen MR) is 133 cm³/mol. The molecule has 34 heavy (non-hydrogen) atoms. The summed E-state index contributed by atoms with van der Waals surface area (Å²) in [5, 5.41) is 7.48. The van der Waals surface area contributed by atoms with Gasteiger partial charge < -0.3 is 20.1 Å². The van der Waals surface area contributed by atoms with E-state index in [0.717, 1.165) is 38.8 Å². The summed E-state index contributed by atoms with van der Waals surface area (Å²) in [5.41, 5.74) is 7.35. The van der Waals surface area contributed by atoms with Gasteiger partial charge in [-0.2, -0.15) is 0 Å². The summed E-state index contributed by atoms with van der Waals surface area (Å²) in [7, 11) is 0. The number of amidine groups is 1. The number of carbonyl (C=O) groups is 2. The zero-order valence-corrected chi connectivity index (χ0v) is 20.0. The molecule has 1 aliphatic heterocycles. The second-order valence-electron chi connectivity index (χ2n) is 8.42. The van der Waals surface area contributed by atoms with Gasteiger partial charge >= 0.3 is 6.09 Å². The monoisotopic (exact) mass is 466 g/mol. The number of rotatable bonds is 12. The van der Waals surface area contributed by atoms with Crippen molar-refractivity contribution in [3.05, 3.63) is 59.7 Å². The number of cyclic esters (lactones) is 1. The quantitative estimate of drug-likeness (QED) is 0.356. The lowest BCUT2D eigenvalue weighted by Crippen LogP contribution is -2.33. The normalized spacial score (nSPS) is 15.2. The zero-order chi connectivity index (χ0) is 24.5. The molecule has 0 bridgehead atoms. The minimum Gasteiger partial charge on any atom is -0.490 e. The first-order chi connectivity index (χ1) is 16.4. The summed E-state index contributed by atoms with van der Waals surface area (Å²) < 4.78 is 11.3. The van der Waals surface area contributed by atoms with Crippen molar-refractivity contribution >= 4 is 23.5 Å². The summed E-state index contributed by atoms with van der Waals surface area (Å²) in [4.78, 5) is 28.8. The Kier molecular flexibility index (Phi) is 8.90. The Balaban J connectivity index is 1.59. The molecule has 0 aromatic heterocycles. The molecule has 1 fully saturated rings. The topological polar surface area (TPSA) is 109 Å². The molecule has 2 aromatic carbocycles. The molecular formula is C26H34N4O4. The van der Waals surface area contributed by atoms with Crippen LogP contribution in [0.25, 0.3) is 0 Å². The van der Waals surface area contributed by atoms with E-state index >= 15 is 0 Å². The highest BCUT2D eigenvalue weighted by Crippen LogP contribution is 2.23. The Morgan fingerprint density at radius 2 is 1.79 bits per heavy atom. The van der Waals surface area contributed by atoms with Gasteiger partial charge in [-0.1, -0.05) is 32.8 Å². The van der Waals surface area contributed by atoms with Crippen LogP contribution in [0.4, 0.5) is 10.5 Å². The van der Waals surface area contributed by atoms with Crippen molar-refractivity contribution in [2.45, 2.75) is 45.6 Å². The van der Waals surface area contributed by atoms with E-state index in [2.05, 4.69) is 13.8 Å². The van der Waals surface area contributed by atoms with Gasteiger partial charge in [-0.15, -0.1) is 0 Å². The lowest BCUT2D eigenvalue weighted by atomic mass is 10.1. The van der Waals surface area contributed by atoms with Crippen molar-refractivity contribution in [2.24, 2.45) is 5.73 Å². The first-order valence-corrected chi connectivity index (χ1v) is 11.9. The van der Waals surface area contributed by atoms with Crippen molar-refractivity contribution in [1.82, 2.24) is 4.90 Å². The number of nitrogens with two attached hydrogens (primary N) is 1. The fraction of sp³-hybridized carbons (Fsp3) is 0.423. The van der Waals surface area contributed by atoms with Crippen molar-refractivity contribution < 1.29 is 19.1 Å². The predicted octanol–water partition coefficient (Wildman–Crippen LogP) is 4.42. The first kappa shape index (κ1) is 25.1.